The molecule has 1 aromatic heterocycles. The summed E-state index contributed by atoms with van der Waals surface area (Å²) < 4.78 is 4.09. The summed E-state index contributed by atoms with van der Waals surface area (Å²) in [6.45, 7) is 1.74. The molecule has 1 aliphatic rings. The maximum atomic E-state index is 11.3. The maximum absolute atomic E-state index is 11.3. The predicted octanol–water partition coefficient (Wildman–Crippen LogP) is 0.416. The molecule has 19 heavy (non-hydrogen) atoms. The molecule has 1 heterocycles. The molecule has 0 aromatic carbocycles. The van der Waals surface area contributed by atoms with Gasteiger partial charge in [0.15, 0.2) is 0 Å². The van der Waals surface area contributed by atoms with Crippen molar-refractivity contribution >= 4 is 37.0 Å². The lowest BCUT2D eigenvalue weighted by Crippen LogP contribution is -2.27. The van der Waals surface area contributed by atoms with Crippen LogP contribution in [0.1, 0.15) is 23.5 Å². The average molecular weight is 280 g/mol. The van der Waals surface area contributed by atoms with Crippen LogP contribution in [0.2, 0.25) is 0 Å². The molecule has 1 saturated carbocycles. The Bertz CT molecular complexity index is 552. The van der Waals surface area contributed by atoms with E-state index in [1.54, 1.807) is 12.3 Å². The number of carboxylic acid groups (broad SMARTS) is 1. The van der Waals surface area contributed by atoms with Crippen LogP contribution in [0.15, 0.2) is 10.5 Å². The van der Waals surface area contributed by atoms with E-state index in [1.165, 1.54) is 11.3 Å². The molecule has 2 rings (SSSR count). The molecule has 0 aliphatic heterocycles. The van der Waals surface area contributed by atoms with Crippen LogP contribution in [0.3, 0.4) is 0 Å². The van der Waals surface area contributed by atoms with Crippen LogP contribution in [0.4, 0.5) is 0 Å². The summed E-state index contributed by atoms with van der Waals surface area (Å²) in [6, 6.07) is 0. The van der Waals surface area contributed by atoms with Gasteiger partial charge in [0.1, 0.15) is 5.69 Å². The van der Waals surface area contributed by atoms with Gasteiger partial charge in [-0.15, -0.1) is 11.3 Å². The van der Waals surface area contributed by atoms with Crippen molar-refractivity contribution < 1.29 is 24.2 Å². The van der Waals surface area contributed by atoms with E-state index in [4.69, 9.17) is 18.0 Å². The summed E-state index contributed by atoms with van der Waals surface area (Å²) in [4.78, 5) is 31.4. The van der Waals surface area contributed by atoms with Gasteiger partial charge in [0.25, 0.3) is 0 Å². The zero-order valence-electron chi connectivity index (χ0n) is 9.95. The molecule has 9 heteroatoms. The third kappa shape index (κ3) is 2.75. The number of hydrogen-bond acceptors (Lipinski definition) is 7. The van der Waals surface area contributed by atoms with Crippen LogP contribution in [0.25, 0.3) is 0 Å². The number of aromatic nitrogens is 1. The highest BCUT2D eigenvalue weighted by molar-refractivity contribution is 7.09. The van der Waals surface area contributed by atoms with Gasteiger partial charge in [0.05, 0.1) is 5.01 Å². The first-order chi connectivity index (χ1) is 8.98. The van der Waals surface area contributed by atoms with Gasteiger partial charge < -0.3 is 14.6 Å². The summed E-state index contributed by atoms with van der Waals surface area (Å²) in [5, 5.41) is 14.8. The fourth-order valence-electron chi connectivity index (χ4n) is 1.35. The van der Waals surface area contributed by atoms with Gasteiger partial charge in [-0.05, 0) is 6.92 Å². The Kier molecular flexibility index (Phi) is 3.56. The van der Waals surface area contributed by atoms with Crippen molar-refractivity contribution in [2.75, 3.05) is 0 Å². The number of rotatable bonds is 5. The summed E-state index contributed by atoms with van der Waals surface area (Å²) in [7, 11) is 4.77. The lowest BCUT2D eigenvalue weighted by Gasteiger charge is -2.10. The summed E-state index contributed by atoms with van der Waals surface area (Å²) >= 11 is 1.29. The van der Waals surface area contributed by atoms with Crippen molar-refractivity contribution in [2.45, 2.75) is 25.4 Å². The topological polar surface area (TPSA) is 98.1 Å². The van der Waals surface area contributed by atoms with Gasteiger partial charge in [-0.1, -0.05) is 5.16 Å². The first-order valence-corrected chi connectivity index (χ1v) is 6.19. The van der Waals surface area contributed by atoms with Crippen LogP contribution in [0.5, 0.6) is 0 Å². The first-order valence-electron chi connectivity index (χ1n) is 5.31. The minimum absolute atomic E-state index is 0.187. The second-order valence-corrected chi connectivity index (χ2v) is 5.05. The third-order valence-corrected chi connectivity index (χ3v) is 3.33. The van der Waals surface area contributed by atoms with Gasteiger partial charge in [0.2, 0.25) is 11.3 Å². The lowest BCUT2D eigenvalue weighted by atomic mass is 10.3. The largest absolute Gasteiger partial charge is 0.540 e. The standard InChI is InChI=1S/C10H9BN2O5S/c1-5-12-6(4-19-5)7(8(14)15)13-18-10(2-3-10)9(16)17-11/h4H,2-3H2,1H3,(H,14,15)/b13-7+. The Balaban J connectivity index is 2.19. The van der Waals surface area contributed by atoms with Gasteiger partial charge in [-0.3, -0.25) is 0 Å². The van der Waals surface area contributed by atoms with Crippen molar-refractivity contribution in [3.8, 4) is 0 Å². The minimum Gasteiger partial charge on any atom is -0.540 e. The number of aryl methyl sites for hydroxylation is 1. The number of oxime groups is 1. The van der Waals surface area contributed by atoms with E-state index in [0.717, 1.165) is 0 Å². The van der Waals surface area contributed by atoms with E-state index in [1.807, 2.05) is 0 Å². The molecular formula is C10H9BN2O5S. The van der Waals surface area contributed by atoms with Gasteiger partial charge in [-0.2, -0.15) is 0 Å². The molecule has 0 atom stereocenters. The molecule has 0 spiro atoms. The molecule has 1 N–H and O–H groups in total. The Morgan fingerprint density at radius 2 is 2.26 bits per heavy atom. The molecule has 1 aromatic rings. The monoisotopic (exact) mass is 280 g/mol. The highest BCUT2D eigenvalue weighted by atomic mass is 32.1. The maximum Gasteiger partial charge on any atom is 0.378 e. The molecular weight excluding hydrogens is 271 g/mol. The fourth-order valence-corrected chi connectivity index (χ4v) is 1.95. The average Bonchev–Trinajstić information content (AvgIpc) is 3.05. The molecule has 98 valence electrons. The summed E-state index contributed by atoms with van der Waals surface area (Å²) in [5.74, 6) is -2.06. The molecule has 0 unspecified atom stereocenters. The van der Waals surface area contributed by atoms with Crippen LogP contribution >= 0.6 is 11.3 Å². The molecule has 7 nitrogen and oxygen atoms in total. The SMILES string of the molecule is [B]OC(=O)C1(O/N=C(/C(=O)O)c2csc(C)n2)CC1. The third-order valence-electron chi connectivity index (χ3n) is 2.56. The van der Waals surface area contributed by atoms with Crippen molar-refractivity contribution in [1.82, 2.24) is 4.98 Å². The Morgan fingerprint density at radius 3 is 2.68 bits per heavy atom. The highest BCUT2D eigenvalue weighted by Crippen LogP contribution is 2.40. The number of hydrogen-bond donors (Lipinski definition) is 1. The van der Waals surface area contributed by atoms with E-state index < -0.39 is 17.5 Å². The van der Waals surface area contributed by atoms with Crippen molar-refractivity contribution in [3.63, 3.8) is 0 Å². The summed E-state index contributed by atoms with van der Waals surface area (Å²) in [5.41, 5.74) is -1.42. The van der Waals surface area contributed by atoms with Crippen molar-refractivity contribution in [1.29, 1.82) is 0 Å². The van der Waals surface area contributed by atoms with E-state index in [2.05, 4.69) is 14.8 Å². The molecule has 0 saturated heterocycles. The number of aliphatic carboxylic acids is 1. The zero-order valence-corrected chi connectivity index (χ0v) is 10.8. The van der Waals surface area contributed by atoms with Crippen molar-refractivity contribution in [2.24, 2.45) is 5.16 Å². The van der Waals surface area contributed by atoms with E-state index >= 15 is 0 Å². The normalized spacial score (nSPS) is 16.8. The number of nitrogens with zero attached hydrogens (tertiary/aromatic N) is 2. The number of carbonyl (C=O) groups is 2. The first kappa shape index (κ1) is 13.5. The van der Waals surface area contributed by atoms with Gasteiger partial charge >= 0.3 is 20.0 Å². The number of carbonyl (C=O) groups excluding carboxylic acids is 1. The second-order valence-electron chi connectivity index (χ2n) is 3.99. The predicted molar refractivity (Wildman–Crippen MR) is 65.9 cm³/mol. The number of thiazole rings is 1. The number of carboxylic acids is 1. The van der Waals surface area contributed by atoms with Gasteiger partial charge in [0, 0.05) is 18.2 Å². The molecule has 1 fully saturated rings. The highest BCUT2D eigenvalue weighted by Gasteiger charge is 2.55. The minimum atomic E-state index is -1.29. The van der Waals surface area contributed by atoms with Crippen LogP contribution in [-0.4, -0.2) is 41.4 Å². The molecule has 0 bridgehead atoms. The Labute approximate surface area is 113 Å². The van der Waals surface area contributed by atoms with E-state index in [0.29, 0.717) is 17.8 Å². The van der Waals surface area contributed by atoms with Crippen molar-refractivity contribution in [3.05, 3.63) is 16.1 Å². The smallest absolute Gasteiger partial charge is 0.378 e. The van der Waals surface area contributed by atoms with Crippen LogP contribution in [-0.2, 0) is 19.1 Å². The Morgan fingerprint density at radius 1 is 1.58 bits per heavy atom. The summed E-state index contributed by atoms with van der Waals surface area (Å²) in [6.07, 6.45) is 0.769. The zero-order chi connectivity index (χ0) is 14.0. The Hall–Kier alpha value is -1.90. The van der Waals surface area contributed by atoms with Crippen LogP contribution in [0, 0.1) is 6.92 Å². The quantitative estimate of drug-likeness (QED) is 0.476. The molecule has 0 amide bonds. The fraction of sp³-hybridized carbons (Fsp3) is 0.400. The van der Waals surface area contributed by atoms with E-state index in [-0.39, 0.29) is 11.4 Å². The molecule has 2 radical (unpaired) electrons. The van der Waals surface area contributed by atoms with Gasteiger partial charge in [-0.25, -0.2) is 14.6 Å². The lowest BCUT2D eigenvalue weighted by molar-refractivity contribution is -0.150. The van der Waals surface area contributed by atoms with E-state index in [9.17, 15) is 9.59 Å². The second kappa shape index (κ2) is 5.00. The molecule has 1 aliphatic carbocycles. The van der Waals surface area contributed by atoms with Crippen LogP contribution < -0.4 is 0 Å².